The zero-order chi connectivity index (χ0) is 33.2. The van der Waals surface area contributed by atoms with Crippen molar-refractivity contribution >= 4 is 12.0 Å². The number of rotatable bonds is 6. The van der Waals surface area contributed by atoms with E-state index < -0.39 is 29.9 Å². The van der Waals surface area contributed by atoms with Gasteiger partial charge in [0.25, 0.3) is 0 Å². The van der Waals surface area contributed by atoms with Crippen LogP contribution in [0.4, 0.5) is 4.79 Å². The van der Waals surface area contributed by atoms with Crippen molar-refractivity contribution in [3.8, 4) is 0 Å². The molecule has 2 amide bonds. The summed E-state index contributed by atoms with van der Waals surface area (Å²) in [4.78, 5) is 25.0. The maximum Gasteiger partial charge on any atom is 0.408 e. The second-order valence-corrected chi connectivity index (χ2v) is 18.3. The zero-order valence-corrected chi connectivity index (χ0v) is 29.5. The van der Waals surface area contributed by atoms with Crippen molar-refractivity contribution < 1.29 is 34.0 Å². The van der Waals surface area contributed by atoms with Crippen LogP contribution < -0.4 is 10.6 Å². The van der Waals surface area contributed by atoms with Crippen LogP contribution in [-0.2, 0) is 19.0 Å². The molecule has 0 aromatic rings. The van der Waals surface area contributed by atoms with Crippen LogP contribution in [0.2, 0.25) is 0 Å². The molecule has 0 bridgehead atoms. The van der Waals surface area contributed by atoms with Gasteiger partial charge in [0, 0.05) is 24.0 Å². The number of hydrogen-bond donors (Lipinski definition) is 4. The Kier molecular flexibility index (Phi) is 7.58. The van der Waals surface area contributed by atoms with E-state index in [1.165, 1.54) is 12.8 Å². The number of carbonyl (C=O) groups excluding carboxylic acids is 2. The second-order valence-electron chi connectivity index (χ2n) is 18.3. The molecule has 9 heteroatoms. The van der Waals surface area contributed by atoms with E-state index in [9.17, 15) is 19.8 Å². The summed E-state index contributed by atoms with van der Waals surface area (Å²) in [5.74, 6) is 1.34. The minimum Gasteiger partial charge on any atom is -0.446 e. The fraction of sp³-hybridized carbons (Fsp3) is 0.946. The fourth-order valence-corrected chi connectivity index (χ4v) is 13.7. The summed E-state index contributed by atoms with van der Waals surface area (Å²) in [5, 5.41) is 29.1. The molecule has 2 heterocycles. The van der Waals surface area contributed by atoms with Gasteiger partial charge >= 0.3 is 6.09 Å². The van der Waals surface area contributed by atoms with Gasteiger partial charge in [0.05, 0.1) is 23.9 Å². The van der Waals surface area contributed by atoms with Gasteiger partial charge in [-0.3, -0.25) is 4.79 Å². The molecular formula is C37H60N2O7. The van der Waals surface area contributed by atoms with E-state index in [4.69, 9.17) is 14.2 Å². The second kappa shape index (κ2) is 10.5. The van der Waals surface area contributed by atoms with Crippen LogP contribution >= 0.6 is 0 Å². The first-order chi connectivity index (χ1) is 21.5. The van der Waals surface area contributed by atoms with Crippen LogP contribution in [-0.4, -0.2) is 77.5 Å². The van der Waals surface area contributed by atoms with E-state index in [-0.39, 0.29) is 57.2 Å². The molecular weight excluding hydrogens is 584 g/mol. The smallest absolute Gasteiger partial charge is 0.408 e. The first kappa shape index (κ1) is 33.1. The van der Waals surface area contributed by atoms with E-state index in [2.05, 4.69) is 45.3 Å². The van der Waals surface area contributed by atoms with Crippen LogP contribution in [0.3, 0.4) is 0 Å². The first-order valence-corrected chi connectivity index (χ1v) is 18.4. The standard InChI is InChI=1S/C37H60N2O7/c1-9-44-29(33(5,6)43)22-18-20(2)26-27(45-22)28(40)35(8)24-11-10-23-32(3,4)25(46-31(42)39-21-13-17-38-30(21)41)12-14-36(23)19-37(24,36)16-15-34(26,35)7/h20-29,40,43H,9-19H2,1-8H3,(H,38,41)(H,39,42)/t20-,21?,22?,23+,24?,25?,26+,27?,28+,29?,34?,35-,36?,37?/m1/s1. The molecule has 4 N–H and O–H groups in total. The molecule has 2 saturated heterocycles. The molecule has 9 nitrogen and oxygen atoms in total. The summed E-state index contributed by atoms with van der Waals surface area (Å²) in [6, 6.07) is -0.506. The lowest BCUT2D eigenvalue weighted by molar-refractivity contribution is -0.215. The molecule has 0 radical (unpaired) electrons. The Morgan fingerprint density at radius 1 is 1.09 bits per heavy atom. The summed E-state index contributed by atoms with van der Waals surface area (Å²) in [7, 11) is 0. The molecule has 0 aromatic heterocycles. The molecule has 5 aliphatic carbocycles. The molecule has 2 spiro atoms. The molecule has 0 aromatic carbocycles. The highest BCUT2D eigenvalue weighted by Crippen LogP contribution is 2.89. The predicted octanol–water partition coefficient (Wildman–Crippen LogP) is 4.96. The van der Waals surface area contributed by atoms with Crippen molar-refractivity contribution in [2.24, 2.45) is 50.7 Å². The van der Waals surface area contributed by atoms with Crippen LogP contribution in [0, 0.1) is 50.7 Å². The van der Waals surface area contributed by atoms with Gasteiger partial charge in [-0.2, -0.15) is 0 Å². The summed E-state index contributed by atoms with van der Waals surface area (Å²) in [6.45, 7) is 18.5. The molecule has 2 aliphatic heterocycles. The van der Waals surface area contributed by atoms with Crippen LogP contribution in [0.15, 0.2) is 0 Å². The summed E-state index contributed by atoms with van der Waals surface area (Å²) < 4.78 is 19.1. The lowest BCUT2D eigenvalue weighted by atomic mass is 9.41. The van der Waals surface area contributed by atoms with E-state index in [1.807, 2.05) is 6.92 Å². The van der Waals surface area contributed by atoms with E-state index in [0.717, 1.165) is 38.5 Å². The zero-order valence-electron chi connectivity index (χ0n) is 29.5. The summed E-state index contributed by atoms with van der Waals surface area (Å²) >= 11 is 0. The van der Waals surface area contributed by atoms with Crippen molar-refractivity contribution in [1.82, 2.24) is 10.6 Å². The average molecular weight is 645 g/mol. The quantitative estimate of drug-likeness (QED) is 0.322. The van der Waals surface area contributed by atoms with Crippen LogP contribution in [0.25, 0.3) is 0 Å². The molecule has 7 aliphatic rings. The minimum atomic E-state index is -1.04. The Morgan fingerprint density at radius 2 is 1.78 bits per heavy atom. The van der Waals surface area contributed by atoms with Crippen LogP contribution in [0.5, 0.6) is 0 Å². The number of aliphatic hydroxyl groups is 2. The highest BCUT2D eigenvalue weighted by atomic mass is 16.6. The summed E-state index contributed by atoms with van der Waals surface area (Å²) in [6.07, 6.45) is 6.74. The monoisotopic (exact) mass is 644 g/mol. The van der Waals surface area contributed by atoms with Crippen molar-refractivity contribution in [2.45, 2.75) is 155 Å². The molecule has 260 valence electrons. The van der Waals surface area contributed by atoms with Gasteiger partial charge in [-0.25, -0.2) is 4.79 Å². The molecule has 7 fully saturated rings. The van der Waals surface area contributed by atoms with E-state index >= 15 is 0 Å². The van der Waals surface area contributed by atoms with Crippen molar-refractivity contribution in [2.75, 3.05) is 13.2 Å². The maximum absolute atomic E-state index is 12.9. The van der Waals surface area contributed by atoms with Crippen molar-refractivity contribution in [1.29, 1.82) is 0 Å². The number of alkyl carbamates (subject to hydrolysis) is 1. The van der Waals surface area contributed by atoms with Gasteiger partial charge in [0.1, 0.15) is 18.2 Å². The topological polar surface area (TPSA) is 126 Å². The largest absolute Gasteiger partial charge is 0.446 e. The Morgan fingerprint density at radius 3 is 2.43 bits per heavy atom. The first-order valence-electron chi connectivity index (χ1n) is 18.4. The number of amides is 2. The minimum absolute atomic E-state index is 0.0374. The Balaban J connectivity index is 1.12. The molecule has 5 saturated carbocycles. The molecule has 9 unspecified atom stereocenters. The third-order valence-corrected chi connectivity index (χ3v) is 15.7. The SMILES string of the molecule is CCOC(C1C[C@@H](C)[C@H]2C(O1)[C@H](O)[C@@]1(C)C3CC[C@H]4C(C)(C)C(OC(=O)NC5CCNC5=O)CCC45CC35CCC21C)C(C)(C)O. The van der Waals surface area contributed by atoms with Gasteiger partial charge in [-0.05, 0) is 118 Å². The molecule has 7 rings (SSSR count). The number of nitrogens with one attached hydrogen (secondary N) is 2. The number of ether oxygens (including phenoxy) is 3. The normalized spacial score (nSPS) is 51.0. The predicted molar refractivity (Wildman–Crippen MR) is 173 cm³/mol. The van der Waals surface area contributed by atoms with Crippen molar-refractivity contribution in [3.05, 3.63) is 0 Å². The van der Waals surface area contributed by atoms with Gasteiger partial charge in [-0.1, -0.05) is 34.6 Å². The Labute approximate surface area is 275 Å². The number of fused-ring (bicyclic) bond motifs is 4. The molecule has 14 atom stereocenters. The maximum atomic E-state index is 12.9. The Hall–Kier alpha value is -1.42. The number of aliphatic hydroxyl groups excluding tert-OH is 1. The van der Waals surface area contributed by atoms with E-state index in [1.54, 1.807) is 13.8 Å². The lowest BCUT2D eigenvalue weighted by Gasteiger charge is -2.63. The third kappa shape index (κ3) is 4.25. The Bertz CT molecular complexity index is 1250. The highest BCUT2D eigenvalue weighted by molar-refractivity contribution is 5.87. The average Bonchev–Trinajstić information content (AvgIpc) is 3.41. The number of carbonyl (C=O) groups is 2. The van der Waals surface area contributed by atoms with Gasteiger partial charge in [0.15, 0.2) is 0 Å². The highest BCUT2D eigenvalue weighted by Gasteiger charge is 2.84. The van der Waals surface area contributed by atoms with E-state index in [0.29, 0.717) is 37.3 Å². The van der Waals surface area contributed by atoms with Crippen molar-refractivity contribution in [3.63, 3.8) is 0 Å². The third-order valence-electron chi connectivity index (χ3n) is 15.7. The van der Waals surface area contributed by atoms with Gasteiger partial charge in [-0.15, -0.1) is 0 Å². The lowest BCUT2D eigenvalue weighted by Crippen LogP contribution is -2.60. The van der Waals surface area contributed by atoms with Crippen LogP contribution in [0.1, 0.15) is 113 Å². The summed E-state index contributed by atoms with van der Waals surface area (Å²) in [5.41, 5.74) is -1.11. The fourth-order valence-electron chi connectivity index (χ4n) is 13.7. The number of hydrogen-bond acceptors (Lipinski definition) is 7. The van der Waals surface area contributed by atoms with Gasteiger partial charge < -0.3 is 35.1 Å². The van der Waals surface area contributed by atoms with Gasteiger partial charge in [0.2, 0.25) is 5.91 Å². The molecule has 46 heavy (non-hydrogen) atoms.